The molecule has 0 atom stereocenters. The molecule has 0 saturated heterocycles. The van der Waals surface area contributed by atoms with Crippen LogP contribution in [-0.4, -0.2) is 16.8 Å². The molecule has 0 saturated carbocycles. The number of rotatable bonds is 5. The molecule has 3 aromatic rings. The van der Waals surface area contributed by atoms with Gasteiger partial charge in [0.25, 0.3) is 5.91 Å². The lowest BCUT2D eigenvalue weighted by molar-refractivity contribution is -0.112. The van der Waals surface area contributed by atoms with Crippen molar-refractivity contribution in [1.29, 1.82) is 5.26 Å². The van der Waals surface area contributed by atoms with Crippen molar-refractivity contribution in [3.05, 3.63) is 81.7 Å². The standard InChI is InChI=1S/C22H15BrN2O4/c1-13(26)17(12-24)22(28)25-20-16-11-15(23)8-10-19(16)29-21(20)18(27)9-7-14-5-3-2-4-6-14/h2-11,26H,1H3,(H,25,28)/b9-7+,17-13-. The van der Waals surface area contributed by atoms with Crippen molar-refractivity contribution in [2.45, 2.75) is 6.92 Å². The van der Waals surface area contributed by atoms with Gasteiger partial charge < -0.3 is 14.8 Å². The Bertz CT molecular complexity index is 1200. The van der Waals surface area contributed by atoms with Gasteiger partial charge in [-0.2, -0.15) is 5.26 Å². The van der Waals surface area contributed by atoms with Crippen molar-refractivity contribution >= 4 is 50.4 Å². The summed E-state index contributed by atoms with van der Waals surface area (Å²) in [5, 5.41) is 21.7. The number of ketones is 1. The van der Waals surface area contributed by atoms with Crippen molar-refractivity contribution in [1.82, 2.24) is 0 Å². The Balaban J connectivity index is 2.05. The molecule has 0 fully saturated rings. The lowest BCUT2D eigenvalue weighted by atomic mass is 10.1. The van der Waals surface area contributed by atoms with Gasteiger partial charge in [-0.1, -0.05) is 52.3 Å². The fourth-order valence-corrected chi connectivity index (χ4v) is 3.01. The first kappa shape index (κ1) is 20.1. The van der Waals surface area contributed by atoms with Gasteiger partial charge in [0, 0.05) is 9.86 Å². The molecule has 0 bridgehead atoms. The molecule has 0 spiro atoms. The van der Waals surface area contributed by atoms with E-state index in [-0.39, 0.29) is 11.4 Å². The molecule has 0 aliphatic rings. The average Bonchev–Trinajstić information content (AvgIpc) is 3.05. The second-order valence-corrected chi connectivity index (χ2v) is 7.00. The summed E-state index contributed by atoms with van der Waals surface area (Å²) in [6, 6.07) is 16.0. The SMILES string of the molecule is C/C(O)=C(\C#N)C(=O)Nc1c(C(=O)/C=C/c2ccccc2)oc2ccc(Br)cc12. The molecule has 1 aromatic heterocycles. The number of hydrogen-bond donors (Lipinski definition) is 2. The Morgan fingerprint density at radius 2 is 1.93 bits per heavy atom. The number of nitrogens with zero attached hydrogens (tertiary/aromatic N) is 1. The molecule has 0 radical (unpaired) electrons. The number of fused-ring (bicyclic) bond motifs is 1. The topological polar surface area (TPSA) is 103 Å². The first-order chi connectivity index (χ1) is 13.9. The maximum Gasteiger partial charge on any atom is 0.269 e. The molecule has 29 heavy (non-hydrogen) atoms. The third-order valence-corrected chi connectivity index (χ3v) is 4.53. The van der Waals surface area contributed by atoms with Crippen molar-refractivity contribution in [2.75, 3.05) is 5.32 Å². The maximum absolute atomic E-state index is 12.8. The smallest absolute Gasteiger partial charge is 0.269 e. The van der Waals surface area contributed by atoms with Crippen LogP contribution in [0.1, 0.15) is 23.0 Å². The first-order valence-corrected chi connectivity index (χ1v) is 9.31. The second kappa shape index (κ2) is 8.59. The molecule has 2 aromatic carbocycles. The minimum Gasteiger partial charge on any atom is -0.511 e. The molecule has 0 aliphatic carbocycles. The average molecular weight is 451 g/mol. The number of nitriles is 1. The Labute approximate surface area is 174 Å². The Hall–Kier alpha value is -3.63. The number of furan rings is 1. The molecule has 6 nitrogen and oxygen atoms in total. The summed E-state index contributed by atoms with van der Waals surface area (Å²) in [7, 11) is 0. The van der Waals surface area contributed by atoms with E-state index in [2.05, 4.69) is 21.2 Å². The fraction of sp³-hybridized carbons (Fsp3) is 0.0455. The van der Waals surface area contributed by atoms with E-state index in [4.69, 9.17) is 9.68 Å². The number of carbonyl (C=O) groups is 2. The number of amides is 1. The van der Waals surface area contributed by atoms with Crippen molar-refractivity contribution in [2.24, 2.45) is 0 Å². The van der Waals surface area contributed by atoms with Crippen molar-refractivity contribution in [3.63, 3.8) is 0 Å². The Morgan fingerprint density at radius 1 is 1.21 bits per heavy atom. The summed E-state index contributed by atoms with van der Waals surface area (Å²) < 4.78 is 6.40. The van der Waals surface area contributed by atoms with Crippen LogP contribution in [0.25, 0.3) is 17.0 Å². The highest BCUT2D eigenvalue weighted by atomic mass is 79.9. The zero-order valence-corrected chi connectivity index (χ0v) is 16.9. The summed E-state index contributed by atoms with van der Waals surface area (Å²) in [4.78, 5) is 25.2. The first-order valence-electron chi connectivity index (χ1n) is 8.51. The molecular formula is C22H15BrN2O4. The van der Waals surface area contributed by atoms with Gasteiger partial charge in [-0.3, -0.25) is 9.59 Å². The van der Waals surface area contributed by atoms with Crippen LogP contribution in [0.4, 0.5) is 5.69 Å². The minimum absolute atomic E-state index is 0.0773. The van der Waals surface area contributed by atoms with Gasteiger partial charge in [0.05, 0.1) is 5.69 Å². The number of aliphatic hydroxyl groups is 1. The molecule has 0 unspecified atom stereocenters. The predicted octanol–water partition coefficient (Wildman–Crippen LogP) is 5.39. The van der Waals surface area contributed by atoms with Gasteiger partial charge in [0.2, 0.25) is 5.78 Å². The summed E-state index contributed by atoms with van der Waals surface area (Å²) in [6.45, 7) is 1.23. The van der Waals surface area contributed by atoms with Gasteiger partial charge in [-0.15, -0.1) is 0 Å². The molecule has 3 rings (SSSR count). The molecular weight excluding hydrogens is 436 g/mol. The third kappa shape index (κ3) is 4.45. The largest absolute Gasteiger partial charge is 0.511 e. The number of hydrogen-bond acceptors (Lipinski definition) is 5. The molecule has 1 amide bonds. The molecule has 144 valence electrons. The number of benzene rings is 2. The highest BCUT2D eigenvalue weighted by Gasteiger charge is 2.23. The number of anilines is 1. The van der Waals surface area contributed by atoms with Crippen LogP contribution in [-0.2, 0) is 4.79 Å². The predicted molar refractivity (Wildman–Crippen MR) is 113 cm³/mol. The summed E-state index contributed by atoms with van der Waals surface area (Å²) in [6.07, 6.45) is 2.98. The monoisotopic (exact) mass is 450 g/mol. The fourth-order valence-electron chi connectivity index (χ4n) is 2.65. The van der Waals surface area contributed by atoms with Crippen molar-refractivity contribution in [3.8, 4) is 6.07 Å². The summed E-state index contributed by atoms with van der Waals surface area (Å²) in [5.74, 6) is -1.79. The van der Waals surface area contributed by atoms with Crippen LogP contribution >= 0.6 is 15.9 Å². The van der Waals surface area contributed by atoms with E-state index in [0.717, 1.165) is 10.0 Å². The number of carbonyl (C=O) groups excluding carboxylic acids is 2. The van der Waals surface area contributed by atoms with Gasteiger partial charge >= 0.3 is 0 Å². The van der Waals surface area contributed by atoms with Gasteiger partial charge in [0.1, 0.15) is 17.4 Å². The van der Waals surface area contributed by atoms with E-state index in [0.29, 0.717) is 11.0 Å². The van der Waals surface area contributed by atoms with E-state index in [9.17, 15) is 14.7 Å². The number of halogens is 1. The van der Waals surface area contributed by atoms with Crippen LogP contribution in [0.2, 0.25) is 0 Å². The molecule has 0 aliphatic heterocycles. The lowest BCUT2D eigenvalue weighted by Crippen LogP contribution is -2.16. The van der Waals surface area contributed by atoms with Crippen LogP contribution < -0.4 is 5.32 Å². The third-order valence-electron chi connectivity index (χ3n) is 4.04. The number of aliphatic hydroxyl groups excluding tert-OH is 1. The quantitative estimate of drug-likeness (QED) is 0.235. The normalized spacial score (nSPS) is 11.9. The second-order valence-electron chi connectivity index (χ2n) is 6.08. The van der Waals surface area contributed by atoms with Crippen LogP contribution in [0.3, 0.4) is 0 Å². The highest BCUT2D eigenvalue weighted by molar-refractivity contribution is 9.10. The molecule has 2 N–H and O–H groups in total. The van der Waals surface area contributed by atoms with E-state index < -0.39 is 23.0 Å². The van der Waals surface area contributed by atoms with Crippen LogP contribution in [0.15, 0.2) is 74.8 Å². The lowest BCUT2D eigenvalue weighted by Gasteiger charge is -2.05. The maximum atomic E-state index is 12.8. The Kier molecular flexibility index (Phi) is 5.96. The highest BCUT2D eigenvalue weighted by Crippen LogP contribution is 2.34. The number of nitrogens with one attached hydrogen (secondary N) is 1. The van der Waals surface area contributed by atoms with Crippen LogP contribution in [0.5, 0.6) is 0 Å². The van der Waals surface area contributed by atoms with E-state index in [1.807, 2.05) is 30.3 Å². The summed E-state index contributed by atoms with van der Waals surface area (Å²) >= 11 is 3.35. The summed E-state index contributed by atoms with van der Waals surface area (Å²) in [5.41, 5.74) is 0.898. The van der Waals surface area contributed by atoms with Gasteiger partial charge in [-0.05, 0) is 36.8 Å². The zero-order chi connectivity index (χ0) is 21.0. The zero-order valence-electron chi connectivity index (χ0n) is 15.3. The Morgan fingerprint density at radius 3 is 2.59 bits per heavy atom. The number of allylic oxidation sites excluding steroid dienone is 2. The minimum atomic E-state index is -0.837. The van der Waals surface area contributed by atoms with Crippen molar-refractivity contribution < 1.29 is 19.1 Å². The van der Waals surface area contributed by atoms with E-state index in [1.165, 1.54) is 13.0 Å². The van der Waals surface area contributed by atoms with Gasteiger partial charge in [0.15, 0.2) is 11.3 Å². The van der Waals surface area contributed by atoms with Gasteiger partial charge in [-0.25, -0.2) is 0 Å². The molecule has 7 heteroatoms. The molecule has 1 heterocycles. The van der Waals surface area contributed by atoms with E-state index in [1.54, 1.807) is 30.3 Å². The van der Waals surface area contributed by atoms with E-state index >= 15 is 0 Å². The van der Waals surface area contributed by atoms with Crippen LogP contribution in [0, 0.1) is 11.3 Å².